The van der Waals surface area contributed by atoms with Crippen molar-refractivity contribution in [3.8, 4) is 0 Å². The van der Waals surface area contributed by atoms with Gasteiger partial charge in [-0.25, -0.2) is 4.39 Å². The van der Waals surface area contributed by atoms with Crippen molar-refractivity contribution < 1.29 is 30.7 Å². The molecule has 1 atom stereocenters. The van der Waals surface area contributed by atoms with Crippen LogP contribution >= 0.6 is 12.4 Å². The third kappa shape index (κ3) is 4.72. The van der Waals surface area contributed by atoms with Crippen LogP contribution in [0.4, 0.5) is 30.7 Å². The lowest BCUT2D eigenvalue weighted by atomic mass is 9.95. The van der Waals surface area contributed by atoms with E-state index in [1.165, 1.54) is 0 Å². The van der Waals surface area contributed by atoms with E-state index in [1.54, 1.807) is 0 Å². The highest BCUT2D eigenvalue weighted by atomic mass is 35.5. The number of halogens is 8. The summed E-state index contributed by atoms with van der Waals surface area (Å²) in [5.41, 5.74) is 6.02. The Balaban J connectivity index is 0.00000400. The van der Waals surface area contributed by atoms with Crippen LogP contribution in [-0.2, 0) is 12.4 Å². The van der Waals surface area contributed by atoms with Crippen LogP contribution in [0.15, 0.2) is 12.1 Å². The molecule has 0 saturated carbocycles. The van der Waals surface area contributed by atoms with Crippen LogP contribution in [0.25, 0.3) is 0 Å². The summed E-state index contributed by atoms with van der Waals surface area (Å²) in [6, 6.07) is -1.57. The summed E-state index contributed by atoms with van der Waals surface area (Å²) in [7, 11) is 0. The van der Waals surface area contributed by atoms with Crippen LogP contribution in [0.2, 0.25) is 0 Å². The molecular weight excluding hydrogens is 329 g/mol. The average Bonchev–Trinajstić information content (AvgIpc) is 2.25. The summed E-state index contributed by atoms with van der Waals surface area (Å²) >= 11 is 0. The molecule has 0 aromatic heterocycles. The topological polar surface area (TPSA) is 52.0 Å². The van der Waals surface area contributed by atoms with E-state index in [0.717, 1.165) is 0 Å². The molecule has 0 aliphatic heterocycles. The van der Waals surface area contributed by atoms with Gasteiger partial charge in [0.1, 0.15) is 5.82 Å². The molecule has 4 N–H and O–H groups in total. The fourth-order valence-electron chi connectivity index (χ4n) is 1.72. The minimum atomic E-state index is -5.15. The molecule has 0 amide bonds. The summed E-state index contributed by atoms with van der Waals surface area (Å²) in [6.45, 7) is -0.126. The van der Waals surface area contributed by atoms with Gasteiger partial charge in [-0.2, -0.15) is 26.3 Å². The number of hydrogen-bond donors (Lipinski definition) is 2. The second-order valence-electron chi connectivity index (χ2n) is 4.10. The van der Waals surface area contributed by atoms with Gasteiger partial charge >= 0.3 is 12.4 Å². The molecule has 0 saturated heterocycles. The van der Waals surface area contributed by atoms with Gasteiger partial charge in [-0.15, -0.1) is 12.4 Å². The normalized spacial score (nSPS) is 13.8. The molecule has 2 nitrogen and oxygen atoms in total. The molecule has 21 heavy (non-hydrogen) atoms. The van der Waals surface area contributed by atoms with Gasteiger partial charge < -0.3 is 11.5 Å². The lowest BCUT2D eigenvalue weighted by Crippen LogP contribution is -2.23. The third-order valence-electron chi connectivity index (χ3n) is 2.61. The monoisotopic (exact) mass is 340 g/mol. The summed E-state index contributed by atoms with van der Waals surface area (Å²) < 4.78 is 89.2. The molecule has 1 aromatic carbocycles. The summed E-state index contributed by atoms with van der Waals surface area (Å²) in [6.07, 6.45) is -10.4. The second-order valence-corrected chi connectivity index (χ2v) is 4.10. The molecule has 122 valence electrons. The number of hydrogen-bond acceptors (Lipinski definition) is 2. The average molecular weight is 341 g/mol. The van der Waals surface area contributed by atoms with Gasteiger partial charge in [0, 0.05) is 11.6 Å². The van der Waals surface area contributed by atoms with Crippen LogP contribution in [0.5, 0.6) is 0 Å². The Kier molecular flexibility index (Phi) is 6.46. The number of alkyl halides is 6. The lowest BCUT2D eigenvalue weighted by molar-refractivity contribution is -0.144. The summed E-state index contributed by atoms with van der Waals surface area (Å²) in [4.78, 5) is 0. The van der Waals surface area contributed by atoms with Crippen molar-refractivity contribution in [1.29, 1.82) is 0 Å². The largest absolute Gasteiger partial charge is 0.416 e. The van der Waals surface area contributed by atoms with Gasteiger partial charge in [-0.3, -0.25) is 0 Å². The van der Waals surface area contributed by atoms with Crippen LogP contribution < -0.4 is 11.5 Å². The van der Waals surface area contributed by atoms with Crippen molar-refractivity contribution in [3.05, 3.63) is 34.6 Å². The Morgan fingerprint density at radius 3 is 1.90 bits per heavy atom. The van der Waals surface area contributed by atoms with Crippen molar-refractivity contribution in [3.63, 3.8) is 0 Å². The fraction of sp³-hybridized carbons (Fsp3) is 0.455. The Bertz CT molecular complexity index is 485. The maximum absolute atomic E-state index is 13.6. The molecule has 1 rings (SSSR count). The molecular formula is C11H12ClF7N2. The first-order chi connectivity index (χ1) is 8.98. The van der Waals surface area contributed by atoms with Gasteiger partial charge in [0.15, 0.2) is 0 Å². The molecule has 0 spiro atoms. The number of benzene rings is 1. The molecule has 1 aromatic rings. The van der Waals surface area contributed by atoms with Gasteiger partial charge in [-0.05, 0) is 25.1 Å². The van der Waals surface area contributed by atoms with Crippen molar-refractivity contribution >= 4 is 12.4 Å². The zero-order valence-electron chi connectivity index (χ0n) is 10.4. The number of rotatable bonds is 3. The fourth-order valence-corrected chi connectivity index (χ4v) is 1.72. The second kappa shape index (κ2) is 6.80. The zero-order chi connectivity index (χ0) is 15.7. The van der Waals surface area contributed by atoms with E-state index in [-0.39, 0.29) is 37.5 Å². The predicted molar refractivity (Wildman–Crippen MR) is 64.3 cm³/mol. The van der Waals surface area contributed by atoms with Crippen molar-refractivity contribution in [1.82, 2.24) is 0 Å². The van der Waals surface area contributed by atoms with Gasteiger partial charge in [-0.1, -0.05) is 0 Å². The molecule has 10 heteroatoms. The van der Waals surface area contributed by atoms with Gasteiger partial charge in [0.25, 0.3) is 0 Å². The minimum absolute atomic E-state index is 0. The molecule has 0 bridgehead atoms. The van der Waals surface area contributed by atoms with E-state index in [2.05, 4.69) is 0 Å². The Morgan fingerprint density at radius 1 is 1.00 bits per heavy atom. The van der Waals surface area contributed by atoms with Crippen molar-refractivity contribution in [2.75, 3.05) is 6.54 Å². The maximum atomic E-state index is 13.6. The highest BCUT2D eigenvalue weighted by molar-refractivity contribution is 5.85. The molecule has 0 aliphatic carbocycles. The smallest absolute Gasteiger partial charge is 0.330 e. The lowest BCUT2D eigenvalue weighted by Gasteiger charge is -2.20. The molecule has 0 heterocycles. The highest BCUT2D eigenvalue weighted by Gasteiger charge is 2.40. The number of nitrogens with two attached hydrogens (primary N) is 2. The Hall–Kier alpha value is -1.06. The van der Waals surface area contributed by atoms with E-state index in [4.69, 9.17) is 11.5 Å². The predicted octanol–water partition coefficient (Wildman–Crippen LogP) is 3.63. The van der Waals surface area contributed by atoms with Crippen molar-refractivity contribution in [2.24, 2.45) is 11.5 Å². The highest BCUT2D eigenvalue weighted by Crippen LogP contribution is 2.40. The first kappa shape index (κ1) is 19.9. The van der Waals surface area contributed by atoms with Crippen molar-refractivity contribution in [2.45, 2.75) is 24.8 Å². The summed E-state index contributed by atoms with van der Waals surface area (Å²) in [5, 5.41) is 0. The summed E-state index contributed by atoms with van der Waals surface area (Å²) in [5.74, 6) is -1.65. The molecule has 0 radical (unpaired) electrons. The van der Waals surface area contributed by atoms with Gasteiger partial charge in [0.2, 0.25) is 0 Å². The van der Waals surface area contributed by atoms with Crippen LogP contribution in [0, 0.1) is 5.82 Å². The SMILES string of the molecule is Cl.NCC[C@H](N)c1c(F)cc(C(F)(F)F)cc1C(F)(F)F. The quantitative estimate of drug-likeness (QED) is 0.826. The van der Waals surface area contributed by atoms with E-state index in [1.807, 2.05) is 0 Å². The van der Waals surface area contributed by atoms with E-state index < -0.39 is 40.9 Å². The van der Waals surface area contributed by atoms with E-state index in [9.17, 15) is 30.7 Å². The van der Waals surface area contributed by atoms with Crippen LogP contribution in [0.1, 0.15) is 29.2 Å². The Morgan fingerprint density at radius 2 is 1.52 bits per heavy atom. The Labute approximate surface area is 121 Å². The van der Waals surface area contributed by atoms with Crippen LogP contribution in [0.3, 0.4) is 0 Å². The van der Waals surface area contributed by atoms with E-state index in [0.29, 0.717) is 0 Å². The first-order valence-corrected chi connectivity index (χ1v) is 5.42. The molecule has 0 unspecified atom stereocenters. The zero-order valence-corrected chi connectivity index (χ0v) is 11.2. The minimum Gasteiger partial charge on any atom is -0.330 e. The third-order valence-corrected chi connectivity index (χ3v) is 2.61. The van der Waals surface area contributed by atoms with Gasteiger partial charge in [0.05, 0.1) is 11.1 Å². The molecule has 0 aliphatic rings. The first-order valence-electron chi connectivity index (χ1n) is 5.42. The molecule has 0 fully saturated rings. The maximum Gasteiger partial charge on any atom is 0.416 e. The van der Waals surface area contributed by atoms with E-state index >= 15 is 0 Å². The van der Waals surface area contributed by atoms with Crippen LogP contribution in [-0.4, -0.2) is 6.54 Å². The standard InChI is InChI=1S/C11H11F7N2.ClH/c12-7-4-5(10(13,14)15)3-6(11(16,17)18)9(7)8(20)1-2-19;/h3-4,8H,1-2,19-20H2;1H/t8-;/m0./s1.